The van der Waals surface area contributed by atoms with Crippen LogP contribution in [0.4, 0.5) is 0 Å². The van der Waals surface area contributed by atoms with Gasteiger partial charge in [-0.25, -0.2) is 0 Å². The highest BCUT2D eigenvalue weighted by Gasteiger charge is 2.38. The van der Waals surface area contributed by atoms with E-state index in [1.807, 2.05) is 72.8 Å². The van der Waals surface area contributed by atoms with Crippen molar-refractivity contribution in [2.75, 3.05) is 47.6 Å². The zero-order valence-corrected chi connectivity index (χ0v) is 22.4. The number of likely N-dealkylation sites (tertiary alicyclic amines) is 1. The summed E-state index contributed by atoms with van der Waals surface area (Å²) in [6.07, 6.45) is 2.43. The van der Waals surface area contributed by atoms with E-state index in [0.717, 1.165) is 66.3 Å². The maximum atomic E-state index is 11.5. The Morgan fingerprint density at radius 1 is 0.816 bits per heavy atom. The highest BCUT2D eigenvalue weighted by molar-refractivity contribution is 5.70. The summed E-state index contributed by atoms with van der Waals surface area (Å²) in [6, 6.07) is 23.9. The Balaban J connectivity index is 1.67. The number of carboxylic acid groups (broad SMARTS) is 1. The number of carboxylic acids is 1. The first-order valence-corrected chi connectivity index (χ1v) is 13.0. The fourth-order valence-corrected chi connectivity index (χ4v) is 5.20. The Kier molecular flexibility index (Phi) is 9.26. The third-order valence-corrected chi connectivity index (χ3v) is 7.28. The van der Waals surface area contributed by atoms with E-state index in [1.54, 1.807) is 21.3 Å². The largest absolute Gasteiger partial charge is 0.497 e. The fourth-order valence-electron chi connectivity index (χ4n) is 5.20. The quantitative estimate of drug-likeness (QED) is 0.260. The van der Waals surface area contributed by atoms with E-state index in [-0.39, 0.29) is 5.92 Å². The van der Waals surface area contributed by atoms with Gasteiger partial charge < -0.3 is 29.0 Å². The minimum absolute atomic E-state index is 0.290. The Hall–Kier alpha value is -3.55. The first-order chi connectivity index (χ1) is 18.5. The molecule has 0 aliphatic carbocycles. The summed E-state index contributed by atoms with van der Waals surface area (Å²) in [5, 5.41) is 9.45. The average Bonchev–Trinajstić information content (AvgIpc) is 2.98. The van der Waals surface area contributed by atoms with Crippen LogP contribution in [0.1, 0.15) is 36.0 Å². The van der Waals surface area contributed by atoms with Crippen molar-refractivity contribution in [3.05, 3.63) is 89.5 Å². The number of ether oxygens (including phenoxy) is 4. The number of carbonyl (C=O) groups is 1. The molecule has 0 amide bonds. The second-order valence-corrected chi connectivity index (χ2v) is 9.55. The van der Waals surface area contributed by atoms with Crippen LogP contribution in [-0.4, -0.2) is 63.5 Å². The molecule has 0 bridgehead atoms. The van der Waals surface area contributed by atoms with Crippen molar-refractivity contribution in [3.8, 4) is 17.2 Å². The van der Waals surface area contributed by atoms with Crippen LogP contribution in [0.15, 0.2) is 72.8 Å². The van der Waals surface area contributed by atoms with E-state index in [4.69, 9.17) is 18.9 Å². The van der Waals surface area contributed by atoms with Gasteiger partial charge in [0, 0.05) is 19.7 Å². The average molecular weight is 520 g/mol. The lowest BCUT2D eigenvalue weighted by molar-refractivity contribution is -0.143. The molecule has 0 radical (unpaired) electrons. The second-order valence-electron chi connectivity index (χ2n) is 9.55. The maximum absolute atomic E-state index is 11.5. The van der Waals surface area contributed by atoms with Crippen LogP contribution in [0.5, 0.6) is 17.2 Å². The normalized spacial score (nSPS) is 16.1. The molecule has 3 aromatic carbocycles. The lowest BCUT2D eigenvalue weighted by atomic mass is 9.80. The number of hydrogen-bond donors (Lipinski definition) is 1. The van der Waals surface area contributed by atoms with Crippen LogP contribution >= 0.6 is 0 Å². The van der Waals surface area contributed by atoms with Gasteiger partial charge in [-0.3, -0.25) is 4.79 Å². The van der Waals surface area contributed by atoms with Gasteiger partial charge in [-0.15, -0.1) is 0 Å². The van der Waals surface area contributed by atoms with Crippen LogP contribution in [0, 0.1) is 5.92 Å². The molecule has 1 saturated heterocycles. The minimum Gasteiger partial charge on any atom is -0.497 e. The topological polar surface area (TPSA) is 77.5 Å². The van der Waals surface area contributed by atoms with E-state index in [2.05, 4.69) is 4.90 Å². The molecule has 3 aromatic rings. The molecule has 0 unspecified atom stereocenters. The summed E-state index contributed by atoms with van der Waals surface area (Å²) in [7, 11) is 4.96. The number of aliphatic carboxylic acids is 1. The van der Waals surface area contributed by atoms with Crippen molar-refractivity contribution in [1.82, 2.24) is 4.90 Å². The van der Waals surface area contributed by atoms with E-state index >= 15 is 0 Å². The standard InChI is InChI=1S/C31H37NO6/c1-35-27-13-7-24(8-14-27)31(25-9-15-28(36-2)16-10-25,26-11-17-29(37-3)18-12-26)38-21-5-20-32-19-4-6-23(22-32)30(33)34/h7-18,23H,4-6,19-22H2,1-3H3,(H,33,34)/t23-/m0/s1. The van der Waals surface area contributed by atoms with Crippen molar-refractivity contribution < 1.29 is 28.8 Å². The van der Waals surface area contributed by atoms with Gasteiger partial charge in [0.1, 0.15) is 22.8 Å². The van der Waals surface area contributed by atoms with E-state index in [9.17, 15) is 9.90 Å². The summed E-state index contributed by atoms with van der Waals surface area (Å²) < 4.78 is 23.2. The molecule has 0 spiro atoms. The zero-order valence-electron chi connectivity index (χ0n) is 22.4. The van der Waals surface area contributed by atoms with Gasteiger partial charge in [0.15, 0.2) is 0 Å². The van der Waals surface area contributed by atoms with Crippen LogP contribution in [-0.2, 0) is 15.1 Å². The maximum Gasteiger partial charge on any atom is 0.307 e. The van der Waals surface area contributed by atoms with Crippen molar-refractivity contribution in [2.45, 2.75) is 24.9 Å². The molecule has 1 aliphatic rings. The lowest BCUT2D eigenvalue weighted by Gasteiger charge is -2.37. The van der Waals surface area contributed by atoms with E-state index < -0.39 is 11.6 Å². The van der Waals surface area contributed by atoms with Crippen molar-refractivity contribution in [2.24, 2.45) is 5.92 Å². The highest BCUT2D eigenvalue weighted by Crippen LogP contribution is 2.42. The predicted octanol–water partition coefficient (Wildman–Crippen LogP) is 5.21. The summed E-state index contributed by atoms with van der Waals surface area (Å²) in [5.41, 5.74) is 2.02. The number of piperidine rings is 1. The number of nitrogens with zero attached hydrogens (tertiary/aromatic N) is 1. The smallest absolute Gasteiger partial charge is 0.307 e. The monoisotopic (exact) mass is 519 g/mol. The molecule has 1 fully saturated rings. The molecule has 1 aliphatic heterocycles. The summed E-state index contributed by atoms with van der Waals surface area (Å²) >= 11 is 0. The molecule has 1 N–H and O–H groups in total. The molecule has 0 aromatic heterocycles. The van der Waals surface area contributed by atoms with Crippen molar-refractivity contribution in [1.29, 1.82) is 0 Å². The lowest BCUT2D eigenvalue weighted by Crippen LogP contribution is -2.40. The molecule has 7 nitrogen and oxygen atoms in total. The first-order valence-electron chi connectivity index (χ1n) is 13.0. The Morgan fingerprint density at radius 3 is 1.66 bits per heavy atom. The van der Waals surface area contributed by atoms with Crippen molar-refractivity contribution >= 4 is 5.97 Å². The summed E-state index contributed by atoms with van der Waals surface area (Å²) in [5.74, 6) is 1.31. The molecule has 1 atom stereocenters. The van der Waals surface area contributed by atoms with Crippen LogP contribution in [0.2, 0.25) is 0 Å². The predicted molar refractivity (Wildman–Crippen MR) is 146 cm³/mol. The van der Waals surface area contributed by atoms with Gasteiger partial charge in [-0.1, -0.05) is 36.4 Å². The SMILES string of the molecule is COc1ccc(C(OCCCN2CCC[C@H](C(=O)O)C2)(c2ccc(OC)cc2)c2ccc(OC)cc2)cc1. The first kappa shape index (κ1) is 27.5. The minimum atomic E-state index is -0.893. The molecule has 4 rings (SSSR count). The molecule has 0 saturated carbocycles. The van der Waals surface area contributed by atoms with Crippen molar-refractivity contribution in [3.63, 3.8) is 0 Å². The molecule has 202 valence electrons. The third-order valence-electron chi connectivity index (χ3n) is 7.28. The van der Waals surface area contributed by atoms with Gasteiger partial charge >= 0.3 is 5.97 Å². The van der Waals surface area contributed by atoms with E-state index in [1.165, 1.54) is 0 Å². The number of hydrogen-bond acceptors (Lipinski definition) is 6. The highest BCUT2D eigenvalue weighted by atomic mass is 16.5. The van der Waals surface area contributed by atoms with Crippen LogP contribution < -0.4 is 14.2 Å². The van der Waals surface area contributed by atoms with Crippen LogP contribution in [0.25, 0.3) is 0 Å². The Morgan fingerprint density at radius 2 is 1.26 bits per heavy atom. The number of methoxy groups -OCH3 is 3. The van der Waals surface area contributed by atoms with Gasteiger partial charge in [0.05, 0.1) is 27.2 Å². The van der Waals surface area contributed by atoms with E-state index in [0.29, 0.717) is 13.2 Å². The number of benzene rings is 3. The molecule has 38 heavy (non-hydrogen) atoms. The molecule has 1 heterocycles. The van der Waals surface area contributed by atoms with Gasteiger partial charge in [-0.05, 0) is 78.9 Å². The third kappa shape index (κ3) is 6.11. The van der Waals surface area contributed by atoms with Gasteiger partial charge in [0.2, 0.25) is 0 Å². The van der Waals surface area contributed by atoms with Gasteiger partial charge in [-0.2, -0.15) is 0 Å². The second kappa shape index (κ2) is 12.8. The molecular weight excluding hydrogens is 482 g/mol. The number of rotatable bonds is 12. The van der Waals surface area contributed by atoms with Crippen LogP contribution in [0.3, 0.4) is 0 Å². The fraction of sp³-hybridized carbons (Fsp3) is 0.387. The molecular formula is C31H37NO6. The summed E-state index contributed by atoms with van der Waals surface area (Å²) in [4.78, 5) is 13.7. The zero-order chi connectivity index (χ0) is 27.0. The molecule has 7 heteroatoms. The Bertz CT molecular complexity index is 1040. The summed E-state index contributed by atoms with van der Waals surface area (Å²) in [6.45, 7) is 2.78. The Labute approximate surface area is 224 Å². The van der Waals surface area contributed by atoms with Gasteiger partial charge in [0.25, 0.3) is 0 Å².